The maximum Gasteiger partial charge on any atom is 0.271 e. The standard InChI is InChI=1S/C27H28N4O4/c1-18-5-9-20(10-6-18)23-13-14-31(30-23)22-11-7-19(8-12-22)17-28-29-27(32)21-15-24(33-2)26(35-4)25(16-21)34-3/h5-12,15-17H,13-14H2,1-4H3,(H,29,32)/b28-17+. The number of rotatable bonds is 8. The molecule has 8 nitrogen and oxygen atoms in total. The predicted molar refractivity (Wildman–Crippen MR) is 137 cm³/mol. The molecule has 180 valence electrons. The second-order valence-electron chi connectivity index (χ2n) is 7.99. The molecule has 1 aliphatic heterocycles. The van der Waals surface area contributed by atoms with Gasteiger partial charge in [0, 0.05) is 18.5 Å². The lowest BCUT2D eigenvalue weighted by Crippen LogP contribution is -2.18. The molecule has 0 spiro atoms. The Morgan fingerprint density at radius 2 is 1.63 bits per heavy atom. The first kappa shape index (κ1) is 23.8. The van der Waals surface area contributed by atoms with Crippen molar-refractivity contribution in [1.29, 1.82) is 0 Å². The Bertz CT molecular complexity index is 1230. The highest BCUT2D eigenvalue weighted by Crippen LogP contribution is 2.38. The van der Waals surface area contributed by atoms with Gasteiger partial charge in [0.05, 0.1) is 38.9 Å². The molecule has 35 heavy (non-hydrogen) atoms. The van der Waals surface area contributed by atoms with Crippen LogP contribution in [0.2, 0.25) is 0 Å². The average Bonchev–Trinajstić information content (AvgIpc) is 3.38. The van der Waals surface area contributed by atoms with Gasteiger partial charge < -0.3 is 14.2 Å². The van der Waals surface area contributed by atoms with Crippen LogP contribution in [0.25, 0.3) is 0 Å². The third kappa shape index (κ3) is 5.43. The van der Waals surface area contributed by atoms with Crippen LogP contribution in [0.15, 0.2) is 70.9 Å². The number of nitrogens with one attached hydrogen (secondary N) is 1. The summed E-state index contributed by atoms with van der Waals surface area (Å²) >= 11 is 0. The van der Waals surface area contributed by atoms with Gasteiger partial charge in [0.25, 0.3) is 5.91 Å². The van der Waals surface area contributed by atoms with Crippen molar-refractivity contribution in [3.63, 3.8) is 0 Å². The van der Waals surface area contributed by atoms with E-state index >= 15 is 0 Å². The fourth-order valence-electron chi connectivity index (χ4n) is 3.77. The number of methoxy groups -OCH3 is 3. The Balaban J connectivity index is 1.39. The largest absolute Gasteiger partial charge is 0.493 e. The summed E-state index contributed by atoms with van der Waals surface area (Å²) in [5.41, 5.74) is 8.20. The average molecular weight is 473 g/mol. The summed E-state index contributed by atoms with van der Waals surface area (Å²) in [4.78, 5) is 12.6. The van der Waals surface area contributed by atoms with E-state index in [1.807, 2.05) is 29.3 Å². The summed E-state index contributed by atoms with van der Waals surface area (Å²) in [6.07, 6.45) is 2.49. The highest BCUT2D eigenvalue weighted by atomic mass is 16.5. The monoisotopic (exact) mass is 472 g/mol. The lowest BCUT2D eigenvalue weighted by atomic mass is 10.1. The van der Waals surface area contributed by atoms with Crippen LogP contribution in [0, 0.1) is 6.92 Å². The Labute approximate surface area is 204 Å². The lowest BCUT2D eigenvalue weighted by molar-refractivity contribution is 0.0954. The topological polar surface area (TPSA) is 84.8 Å². The van der Waals surface area contributed by atoms with Gasteiger partial charge in [-0.05, 0) is 42.3 Å². The van der Waals surface area contributed by atoms with Crippen LogP contribution >= 0.6 is 0 Å². The first-order valence-corrected chi connectivity index (χ1v) is 11.2. The summed E-state index contributed by atoms with van der Waals surface area (Å²) in [6.45, 7) is 2.91. The third-order valence-corrected chi connectivity index (χ3v) is 5.68. The van der Waals surface area contributed by atoms with Gasteiger partial charge in [0.2, 0.25) is 5.75 Å². The molecular formula is C27H28N4O4. The molecule has 0 fully saturated rings. The molecule has 3 aromatic rings. The van der Waals surface area contributed by atoms with Crippen molar-refractivity contribution in [3.05, 3.63) is 82.9 Å². The molecule has 8 heteroatoms. The smallest absolute Gasteiger partial charge is 0.271 e. The molecule has 0 aromatic heterocycles. The first-order valence-electron chi connectivity index (χ1n) is 11.2. The molecule has 3 aromatic carbocycles. The van der Waals surface area contributed by atoms with E-state index in [0.717, 1.165) is 35.5 Å². The Kier molecular flexibility index (Phi) is 7.30. The zero-order valence-electron chi connectivity index (χ0n) is 20.2. The lowest BCUT2D eigenvalue weighted by Gasteiger charge is -2.13. The molecule has 1 aliphatic rings. The number of hydrogen-bond acceptors (Lipinski definition) is 7. The Morgan fingerprint density at radius 3 is 2.23 bits per heavy atom. The molecule has 1 N–H and O–H groups in total. The molecule has 1 heterocycles. The summed E-state index contributed by atoms with van der Waals surface area (Å²) in [5.74, 6) is 0.814. The number of aryl methyl sites for hydroxylation is 1. The number of hydrazone groups is 2. The van der Waals surface area contributed by atoms with Crippen molar-refractivity contribution in [2.75, 3.05) is 32.9 Å². The van der Waals surface area contributed by atoms with Gasteiger partial charge in [-0.3, -0.25) is 9.80 Å². The fraction of sp³-hybridized carbons (Fsp3) is 0.222. The minimum atomic E-state index is -0.396. The molecule has 1 amide bonds. The summed E-state index contributed by atoms with van der Waals surface area (Å²) in [6, 6.07) is 19.4. The third-order valence-electron chi connectivity index (χ3n) is 5.68. The van der Waals surface area contributed by atoms with Crippen molar-refractivity contribution < 1.29 is 19.0 Å². The maximum atomic E-state index is 12.6. The molecule has 0 aliphatic carbocycles. The van der Waals surface area contributed by atoms with E-state index in [9.17, 15) is 4.79 Å². The molecule has 0 unspecified atom stereocenters. The van der Waals surface area contributed by atoms with Crippen LogP contribution in [-0.4, -0.2) is 45.7 Å². The molecule has 0 saturated heterocycles. The van der Waals surface area contributed by atoms with Gasteiger partial charge in [-0.25, -0.2) is 5.43 Å². The molecular weight excluding hydrogens is 444 g/mol. The predicted octanol–water partition coefficient (Wildman–Crippen LogP) is 4.40. The number of nitrogens with zero attached hydrogens (tertiary/aromatic N) is 3. The number of amides is 1. The first-order chi connectivity index (χ1) is 17.0. The van der Waals surface area contributed by atoms with Crippen molar-refractivity contribution in [2.45, 2.75) is 13.3 Å². The van der Waals surface area contributed by atoms with E-state index < -0.39 is 5.91 Å². The summed E-state index contributed by atoms with van der Waals surface area (Å²) < 4.78 is 15.9. The van der Waals surface area contributed by atoms with Crippen LogP contribution in [-0.2, 0) is 0 Å². The number of carbonyl (C=O) groups excluding carboxylic acids is 1. The Hall–Kier alpha value is -4.33. The fourth-order valence-corrected chi connectivity index (χ4v) is 3.77. The van der Waals surface area contributed by atoms with Crippen molar-refractivity contribution in [2.24, 2.45) is 10.2 Å². The van der Waals surface area contributed by atoms with E-state index in [1.165, 1.54) is 26.9 Å². The second kappa shape index (κ2) is 10.7. The zero-order chi connectivity index (χ0) is 24.8. The van der Waals surface area contributed by atoms with Crippen molar-refractivity contribution >= 4 is 23.5 Å². The van der Waals surface area contributed by atoms with Gasteiger partial charge in [-0.1, -0.05) is 42.0 Å². The Morgan fingerprint density at radius 1 is 0.971 bits per heavy atom. The maximum absolute atomic E-state index is 12.6. The van der Waals surface area contributed by atoms with Crippen LogP contribution in [0.4, 0.5) is 5.69 Å². The molecule has 4 rings (SSSR count). The summed E-state index contributed by atoms with van der Waals surface area (Å²) in [5, 5.41) is 10.9. The number of anilines is 1. The van der Waals surface area contributed by atoms with Gasteiger partial charge in [-0.15, -0.1) is 0 Å². The molecule has 0 atom stereocenters. The van der Waals surface area contributed by atoms with E-state index in [1.54, 1.807) is 18.3 Å². The van der Waals surface area contributed by atoms with Gasteiger partial charge in [0.1, 0.15) is 0 Å². The number of hydrogen-bond donors (Lipinski definition) is 1. The van der Waals surface area contributed by atoms with Gasteiger partial charge in [-0.2, -0.15) is 10.2 Å². The molecule has 0 radical (unpaired) electrons. The molecule has 0 bridgehead atoms. The number of carbonyl (C=O) groups is 1. The van der Waals surface area contributed by atoms with Gasteiger partial charge in [0.15, 0.2) is 11.5 Å². The van der Waals surface area contributed by atoms with Gasteiger partial charge >= 0.3 is 0 Å². The van der Waals surface area contributed by atoms with Crippen LogP contribution in [0.1, 0.15) is 33.5 Å². The highest BCUT2D eigenvalue weighted by molar-refractivity contribution is 6.02. The molecule has 0 saturated carbocycles. The SMILES string of the molecule is COc1cc(C(=O)N/N=C/c2ccc(N3CCC(c4ccc(C)cc4)=N3)cc2)cc(OC)c1OC. The quantitative estimate of drug-likeness (QED) is 0.388. The normalized spacial score (nSPS) is 13.0. The van der Waals surface area contributed by atoms with E-state index in [0.29, 0.717) is 22.8 Å². The second-order valence-corrected chi connectivity index (χ2v) is 7.99. The van der Waals surface area contributed by atoms with Crippen LogP contribution < -0.4 is 24.6 Å². The number of benzene rings is 3. The highest BCUT2D eigenvalue weighted by Gasteiger charge is 2.18. The van der Waals surface area contributed by atoms with Crippen molar-refractivity contribution in [1.82, 2.24) is 5.43 Å². The van der Waals surface area contributed by atoms with E-state index in [4.69, 9.17) is 19.3 Å². The van der Waals surface area contributed by atoms with Crippen LogP contribution in [0.5, 0.6) is 17.2 Å². The minimum absolute atomic E-state index is 0.336. The minimum Gasteiger partial charge on any atom is -0.493 e. The van der Waals surface area contributed by atoms with Crippen LogP contribution in [0.3, 0.4) is 0 Å². The zero-order valence-corrected chi connectivity index (χ0v) is 20.2. The summed E-state index contributed by atoms with van der Waals surface area (Å²) in [7, 11) is 4.50. The van der Waals surface area contributed by atoms with Crippen molar-refractivity contribution in [3.8, 4) is 17.2 Å². The number of ether oxygens (including phenoxy) is 3. The van der Waals surface area contributed by atoms with E-state index in [-0.39, 0.29) is 0 Å². The van der Waals surface area contributed by atoms with E-state index in [2.05, 4.69) is 41.7 Å².